The number of halogens is 13. The third-order valence-corrected chi connectivity index (χ3v) is 4.37. The van der Waals surface area contributed by atoms with Crippen LogP contribution in [0.2, 0.25) is 0 Å². The van der Waals surface area contributed by atoms with E-state index in [4.69, 9.17) is 0 Å². The molecule has 0 aromatic rings. The monoisotopic (exact) mass is 469 g/mol. The van der Waals surface area contributed by atoms with Gasteiger partial charge in [-0.25, -0.2) is 12.8 Å². The second-order valence-electron chi connectivity index (χ2n) is 5.76. The van der Waals surface area contributed by atoms with Crippen LogP contribution in [0.4, 0.5) is 57.1 Å². The van der Waals surface area contributed by atoms with Crippen molar-refractivity contribution in [2.24, 2.45) is 11.8 Å². The highest BCUT2D eigenvalue weighted by Crippen LogP contribution is 2.53. The molecule has 0 aliphatic rings. The van der Waals surface area contributed by atoms with E-state index < -0.39 is 77.3 Å². The summed E-state index contributed by atoms with van der Waals surface area (Å²) in [5.74, 6) is -9.41. The largest absolute Gasteiger partial charge is 0.748 e. The van der Waals surface area contributed by atoms with Crippen LogP contribution in [0.25, 0.3) is 0 Å². The Labute approximate surface area is 148 Å². The first-order chi connectivity index (χ1) is 11.9. The maximum Gasteiger partial charge on any atom is 0.431 e. The van der Waals surface area contributed by atoms with Crippen molar-refractivity contribution in [3.05, 3.63) is 0 Å². The topological polar surface area (TPSA) is 57.2 Å². The lowest BCUT2D eigenvalue weighted by Gasteiger charge is -2.35. The molecule has 2 unspecified atom stereocenters. The van der Waals surface area contributed by atoms with E-state index in [1.165, 1.54) is 0 Å². The van der Waals surface area contributed by atoms with Crippen LogP contribution in [0.1, 0.15) is 19.3 Å². The van der Waals surface area contributed by atoms with Crippen molar-refractivity contribution >= 4 is 10.1 Å². The predicted molar refractivity (Wildman–Crippen MR) is 63.5 cm³/mol. The molecule has 28 heavy (non-hydrogen) atoms. The molecular formula is C11H10F13O3S-. The van der Waals surface area contributed by atoms with Gasteiger partial charge < -0.3 is 4.55 Å². The van der Waals surface area contributed by atoms with Crippen LogP contribution in [-0.2, 0) is 10.1 Å². The summed E-state index contributed by atoms with van der Waals surface area (Å²) >= 11 is 0. The summed E-state index contributed by atoms with van der Waals surface area (Å²) in [7, 11) is -5.40. The van der Waals surface area contributed by atoms with Crippen molar-refractivity contribution in [1.29, 1.82) is 0 Å². The minimum atomic E-state index is -6.93. The fraction of sp³-hybridized carbons (Fsp3) is 1.00. The number of hydrogen-bond acceptors (Lipinski definition) is 3. The third kappa shape index (κ3) is 7.44. The lowest BCUT2D eigenvalue weighted by molar-refractivity contribution is -0.353. The van der Waals surface area contributed by atoms with Gasteiger partial charge in [-0.05, 0) is 12.8 Å². The minimum absolute atomic E-state index is 1.86. The van der Waals surface area contributed by atoms with Gasteiger partial charge in [0.15, 0.2) is 0 Å². The van der Waals surface area contributed by atoms with Crippen LogP contribution in [0.5, 0.6) is 0 Å². The van der Waals surface area contributed by atoms with Crippen LogP contribution < -0.4 is 0 Å². The van der Waals surface area contributed by atoms with Gasteiger partial charge >= 0.3 is 24.7 Å². The molecule has 3 nitrogen and oxygen atoms in total. The van der Waals surface area contributed by atoms with Crippen LogP contribution in [-0.4, -0.2) is 49.1 Å². The fourth-order valence-electron chi connectivity index (χ4n) is 2.11. The number of rotatable bonds is 7. The molecule has 0 bridgehead atoms. The van der Waals surface area contributed by atoms with Crippen molar-refractivity contribution < 1.29 is 70.0 Å². The highest BCUT2D eigenvalue weighted by atomic mass is 32.2. The van der Waals surface area contributed by atoms with Gasteiger partial charge in [-0.3, -0.25) is 0 Å². The Morgan fingerprint density at radius 3 is 1.29 bits per heavy atom. The first-order valence-electron chi connectivity index (χ1n) is 6.81. The normalized spacial score (nSPS) is 17.5. The highest BCUT2D eigenvalue weighted by molar-refractivity contribution is 7.85. The third-order valence-electron chi connectivity index (χ3n) is 3.64. The molecule has 0 spiro atoms. The predicted octanol–water partition coefficient (Wildman–Crippen LogP) is 4.89. The number of alkyl halides is 13. The number of hydrogen-bond donors (Lipinski definition) is 0. The summed E-state index contributed by atoms with van der Waals surface area (Å²) in [6.07, 6.45) is -33.6. The Balaban J connectivity index is 5.97. The molecule has 0 saturated heterocycles. The van der Waals surface area contributed by atoms with Crippen molar-refractivity contribution in [2.75, 3.05) is 5.75 Å². The van der Waals surface area contributed by atoms with Gasteiger partial charge in [0.25, 0.3) is 5.67 Å². The molecular weight excluding hydrogens is 459 g/mol. The van der Waals surface area contributed by atoms with Crippen LogP contribution in [0.15, 0.2) is 0 Å². The molecule has 0 aliphatic carbocycles. The van der Waals surface area contributed by atoms with Crippen LogP contribution in [0.3, 0.4) is 0 Å². The van der Waals surface area contributed by atoms with Gasteiger partial charge in [0.1, 0.15) is 0 Å². The fourth-order valence-corrected chi connectivity index (χ4v) is 2.68. The zero-order chi connectivity index (χ0) is 23.0. The average Bonchev–Trinajstić information content (AvgIpc) is 2.35. The van der Waals surface area contributed by atoms with E-state index in [1.807, 2.05) is 0 Å². The molecule has 0 heterocycles. The molecule has 0 rings (SSSR count). The summed E-state index contributed by atoms with van der Waals surface area (Å²) in [5, 5.41) is 0. The van der Waals surface area contributed by atoms with Gasteiger partial charge in [0.05, 0.1) is 22.0 Å². The zero-order valence-corrected chi connectivity index (χ0v) is 13.8. The summed E-state index contributed by atoms with van der Waals surface area (Å²) in [4.78, 5) is 0. The SMILES string of the molecule is O=S(=O)([O-])CCC(CC(CC(F)(C(F)(F)F)C(F)(F)F)C(F)(F)F)C(F)(F)F. The molecule has 170 valence electrons. The van der Waals surface area contributed by atoms with E-state index >= 15 is 0 Å². The quantitative estimate of drug-likeness (QED) is 0.394. The molecule has 0 amide bonds. The lowest BCUT2D eigenvalue weighted by Crippen LogP contribution is -2.55. The van der Waals surface area contributed by atoms with Crippen molar-refractivity contribution in [3.63, 3.8) is 0 Å². The highest BCUT2D eigenvalue weighted by Gasteiger charge is 2.74. The minimum Gasteiger partial charge on any atom is -0.748 e. The van der Waals surface area contributed by atoms with E-state index in [1.54, 1.807) is 0 Å². The molecule has 0 saturated carbocycles. The molecule has 0 radical (unpaired) electrons. The Kier molecular flexibility index (Phi) is 7.74. The van der Waals surface area contributed by atoms with Gasteiger partial charge in [-0.1, -0.05) is 0 Å². The second kappa shape index (κ2) is 8.02. The van der Waals surface area contributed by atoms with Crippen LogP contribution >= 0.6 is 0 Å². The second-order valence-corrected chi connectivity index (χ2v) is 7.29. The van der Waals surface area contributed by atoms with E-state index in [2.05, 4.69) is 0 Å². The molecule has 0 N–H and O–H groups in total. The van der Waals surface area contributed by atoms with E-state index in [0.29, 0.717) is 0 Å². The van der Waals surface area contributed by atoms with Gasteiger partial charge in [-0.2, -0.15) is 52.7 Å². The average molecular weight is 469 g/mol. The zero-order valence-electron chi connectivity index (χ0n) is 13.0. The van der Waals surface area contributed by atoms with E-state index in [-0.39, 0.29) is 0 Å². The molecule has 17 heteroatoms. The first kappa shape index (κ1) is 27.0. The lowest BCUT2D eigenvalue weighted by atomic mass is 9.83. The summed E-state index contributed by atoms with van der Waals surface area (Å²) in [5.41, 5.74) is -6.47. The van der Waals surface area contributed by atoms with E-state index in [9.17, 15) is 70.0 Å². The Bertz CT molecular complexity index is 600. The summed E-state index contributed by atoms with van der Waals surface area (Å²) in [6.45, 7) is 0. The smallest absolute Gasteiger partial charge is 0.431 e. The summed E-state index contributed by atoms with van der Waals surface area (Å²) in [6, 6.07) is 0. The van der Waals surface area contributed by atoms with Crippen molar-refractivity contribution in [1.82, 2.24) is 0 Å². The first-order valence-corrected chi connectivity index (χ1v) is 8.39. The standard InChI is InChI=1S/C11H11F13O3S/c12-7(10(19,20)21,11(22,23)24)4-6(9(16,17)18)3-5(8(13,14)15)1-2-28(25,26)27/h5-6H,1-4H2,(H,25,26,27)/p-1. The van der Waals surface area contributed by atoms with Crippen molar-refractivity contribution in [3.8, 4) is 0 Å². The van der Waals surface area contributed by atoms with E-state index in [0.717, 1.165) is 0 Å². The molecule has 2 atom stereocenters. The maximum absolute atomic E-state index is 13.5. The maximum atomic E-state index is 13.5. The Morgan fingerprint density at radius 2 is 1.04 bits per heavy atom. The van der Waals surface area contributed by atoms with Crippen LogP contribution in [0, 0.1) is 11.8 Å². The molecule has 0 fully saturated rings. The summed E-state index contributed by atoms with van der Waals surface area (Å²) < 4.78 is 196. The molecule has 0 aliphatic heterocycles. The van der Waals surface area contributed by atoms with Gasteiger partial charge in [0, 0.05) is 12.2 Å². The van der Waals surface area contributed by atoms with Gasteiger partial charge in [-0.15, -0.1) is 0 Å². The molecule has 0 aromatic carbocycles. The Morgan fingerprint density at radius 1 is 0.679 bits per heavy atom. The van der Waals surface area contributed by atoms with Crippen molar-refractivity contribution in [2.45, 2.75) is 49.6 Å². The Hall–Kier alpha value is -1.00. The molecule has 0 aromatic heterocycles. The van der Waals surface area contributed by atoms with Gasteiger partial charge in [0.2, 0.25) is 0 Å².